The van der Waals surface area contributed by atoms with Gasteiger partial charge in [0.15, 0.2) is 0 Å². The van der Waals surface area contributed by atoms with Crippen LogP contribution >= 0.6 is 0 Å². The number of hydrogen-bond acceptors (Lipinski definition) is 3. The van der Waals surface area contributed by atoms with Gasteiger partial charge in [0.2, 0.25) is 5.91 Å². The molecule has 1 fully saturated rings. The normalized spacial score (nSPS) is 18.8. The number of rotatable bonds is 5. The lowest BCUT2D eigenvalue weighted by atomic mass is 10.1. The van der Waals surface area contributed by atoms with Crippen LogP contribution in [0.15, 0.2) is 24.3 Å². The van der Waals surface area contributed by atoms with E-state index in [9.17, 15) is 4.79 Å². The van der Waals surface area contributed by atoms with Gasteiger partial charge >= 0.3 is 0 Å². The Morgan fingerprint density at radius 2 is 2.10 bits per heavy atom. The van der Waals surface area contributed by atoms with Gasteiger partial charge in [0.25, 0.3) is 0 Å². The number of benzene rings is 1. The van der Waals surface area contributed by atoms with Crippen LogP contribution in [0.5, 0.6) is 0 Å². The molecule has 1 amide bonds. The fourth-order valence-corrected chi connectivity index (χ4v) is 2.54. The van der Waals surface area contributed by atoms with Gasteiger partial charge in [-0.25, -0.2) is 0 Å². The number of likely N-dealkylation sites (N-methyl/N-ethyl adjacent to an activating group) is 1. The average molecular weight is 276 g/mol. The van der Waals surface area contributed by atoms with Crippen molar-refractivity contribution in [2.24, 2.45) is 0 Å². The van der Waals surface area contributed by atoms with Crippen molar-refractivity contribution in [3.8, 4) is 0 Å². The molecule has 1 saturated heterocycles. The summed E-state index contributed by atoms with van der Waals surface area (Å²) in [5, 5.41) is 0. The first kappa shape index (κ1) is 15.0. The minimum atomic E-state index is 0.194. The maximum absolute atomic E-state index is 12.2. The van der Waals surface area contributed by atoms with Gasteiger partial charge in [-0.15, -0.1) is 0 Å². The lowest BCUT2D eigenvalue weighted by Crippen LogP contribution is -2.38. The molecule has 20 heavy (non-hydrogen) atoms. The number of carbonyl (C=O) groups is 1. The van der Waals surface area contributed by atoms with Crippen molar-refractivity contribution < 1.29 is 9.53 Å². The van der Waals surface area contributed by atoms with E-state index in [-0.39, 0.29) is 12.0 Å². The van der Waals surface area contributed by atoms with Crippen molar-refractivity contribution in [1.82, 2.24) is 9.80 Å². The molecule has 0 bridgehead atoms. The van der Waals surface area contributed by atoms with Crippen molar-refractivity contribution in [3.63, 3.8) is 0 Å². The summed E-state index contributed by atoms with van der Waals surface area (Å²) in [5.41, 5.74) is 2.50. The van der Waals surface area contributed by atoms with Gasteiger partial charge in [-0.05, 0) is 26.0 Å². The minimum Gasteiger partial charge on any atom is -0.380 e. The highest BCUT2D eigenvalue weighted by atomic mass is 16.5. The molecule has 1 aliphatic heterocycles. The van der Waals surface area contributed by atoms with E-state index in [1.807, 2.05) is 11.9 Å². The third kappa shape index (κ3) is 4.05. The molecule has 1 aromatic rings. The molecular formula is C16H24N2O2. The van der Waals surface area contributed by atoms with Crippen LogP contribution in [0.1, 0.15) is 17.5 Å². The number of nitrogens with zero attached hydrogens (tertiary/aromatic N) is 2. The maximum atomic E-state index is 12.2. The molecule has 0 radical (unpaired) electrons. The van der Waals surface area contributed by atoms with E-state index >= 15 is 0 Å². The van der Waals surface area contributed by atoms with Crippen LogP contribution in [0.25, 0.3) is 0 Å². The molecule has 4 heteroatoms. The molecule has 0 saturated carbocycles. The van der Waals surface area contributed by atoms with Crippen molar-refractivity contribution in [3.05, 3.63) is 35.4 Å². The Hall–Kier alpha value is -1.39. The summed E-state index contributed by atoms with van der Waals surface area (Å²) in [6.45, 7) is 4.89. The first-order valence-electron chi connectivity index (χ1n) is 7.13. The van der Waals surface area contributed by atoms with Crippen LogP contribution in [-0.2, 0) is 16.1 Å². The minimum absolute atomic E-state index is 0.194. The third-order valence-electron chi connectivity index (χ3n) is 3.81. The monoisotopic (exact) mass is 276 g/mol. The number of hydrogen-bond donors (Lipinski definition) is 0. The molecule has 0 spiro atoms. The Labute approximate surface area is 121 Å². The molecule has 0 aromatic heterocycles. The van der Waals surface area contributed by atoms with Crippen molar-refractivity contribution in [1.29, 1.82) is 0 Å². The van der Waals surface area contributed by atoms with Crippen LogP contribution in [0, 0.1) is 6.92 Å². The highest BCUT2D eigenvalue weighted by Crippen LogP contribution is 2.12. The highest BCUT2D eigenvalue weighted by Gasteiger charge is 2.26. The molecule has 1 heterocycles. The molecule has 0 unspecified atom stereocenters. The van der Waals surface area contributed by atoms with E-state index < -0.39 is 0 Å². The van der Waals surface area contributed by atoms with Gasteiger partial charge in [0.1, 0.15) is 0 Å². The second-order valence-corrected chi connectivity index (χ2v) is 5.64. The van der Waals surface area contributed by atoms with E-state index in [4.69, 9.17) is 4.74 Å². The predicted molar refractivity (Wildman–Crippen MR) is 79.5 cm³/mol. The van der Waals surface area contributed by atoms with E-state index in [0.717, 1.165) is 26.1 Å². The van der Waals surface area contributed by atoms with Gasteiger partial charge in [-0.2, -0.15) is 0 Å². The lowest BCUT2D eigenvalue weighted by Gasteiger charge is -2.21. The quantitative estimate of drug-likeness (QED) is 0.820. The second-order valence-electron chi connectivity index (χ2n) is 5.64. The Morgan fingerprint density at radius 3 is 2.70 bits per heavy atom. The van der Waals surface area contributed by atoms with E-state index in [1.165, 1.54) is 11.1 Å². The van der Waals surface area contributed by atoms with Gasteiger partial charge in [-0.3, -0.25) is 9.69 Å². The number of methoxy groups -OCH3 is 1. The summed E-state index contributed by atoms with van der Waals surface area (Å²) in [4.78, 5) is 16.2. The van der Waals surface area contributed by atoms with Crippen LogP contribution < -0.4 is 0 Å². The summed E-state index contributed by atoms with van der Waals surface area (Å²) < 4.78 is 5.30. The molecule has 110 valence electrons. The van der Waals surface area contributed by atoms with Crippen LogP contribution in [0.2, 0.25) is 0 Å². The zero-order chi connectivity index (χ0) is 14.5. The number of likely N-dealkylation sites (tertiary alicyclic amines) is 1. The van der Waals surface area contributed by atoms with Crippen LogP contribution in [-0.4, -0.2) is 55.6 Å². The molecule has 0 aliphatic carbocycles. The molecule has 4 nitrogen and oxygen atoms in total. The Morgan fingerprint density at radius 1 is 1.40 bits per heavy atom. The van der Waals surface area contributed by atoms with Crippen LogP contribution in [0.4, 0.5) is 0 Å². The first-order chi connectivity index (χ1) is 9.58. The highest BCUT2D eigenvalue weighted by molar-refractivity contribution is 5.78. The number of aryl methyl sites for hydroxylation is 1. The predicted octanol–water partition coefficient (Wildman–Crippen LogP) is 1.67. The zero-order valence-corrected chi connectivity index (χ0v) is 12.6. The number of carbonyl (C=O) groups excluding carboxylic acids is 1. The number of amides is 1. The van der Waals surface area contributed by atoms with Crippen molar-refractivity contribution in [2.45, 2.75) is 26.0 Å². The molecule has 1 aliphatic rings. The summed E-state index contributed by atoms with van der Waals surface area (Å²) in [6.07, 6.45) is 1.16. The van der Waals surface area contributed by atoms with Gasteiger partial charge in [0.05, 0.1) is 12.6 Å². The second kappa shape index (κ2) is 6.86. The summed E-state index contributed by atoms with van der Waals surface area (Å²) in [6, 6.07) is 8.45. The molecule has 1 aromatic carbocycles. The summed E-state index contributed by atoms with van der Waals surface area (Å²) in [7, 11) is 3.70. The van der Waals surface area contributed by atoms with E-state index in [1.54, 1.807) is 7.11 Å². The van der Waals surface area contributed by atoms with Gasteiger partial charge < -0.3 is 9.64 Å². The Balaban J connectivity index is 1.80. The summed E-state index contributed by atoms with van der Waals surface area (Å²) >= 11 is 0. The molecular weight excluding hydrogens is 252 g/mol. The SMILES string of the molecule is CO[C@H]1CCN(C(=O)CN(C)Cc2ccc(C)cc2)C1. The fraction of sp³-hybridized carbons (Fsp3) is 0.562. The molecule has 2 rings (SSSR count). The van der Waals surface area contributed by atoms with E-state index in [0.29, 0.717) is 6.54 Å². The average Bonchev–Trinajstić information content (AvgIpc) is 2.90. The standard InChI is InChI=1S/C16H24N2O2/c1-13-4-6-14(7-5-13)10-17(2)12-16(19)18-9-8-15(11-18)20-3/h4-7,15H,8-12H2,1-3H3/t15-/m0/s1. The van der Waals surface area contributed by atoms with Crippen LogP contribution in [0.3, 0.4) is 0 Å². The van der Waals surface area contributed by atoms with E-state index in [2.05, 4.69) is 36.1 Å². The fourth-order valence-electron chi connectivity index (χ4n) is 2.54. The number of ether oxygens (including phenoxy) is 1. The van der Waals surface area contributed by atoms with Crippen molar-refractivity contribution in [2.75, 3.05) is 33.8 Å². The maximum Gasteiger partial charge on any atom is 0.236 e. The van der Waals surface area contributed by atoms with Gasteiger partial charge in [-0.1, -0.05) is 29.8 Å². The summed E-state index contributed by atoms with van der Waals surface area (Å²) in [5.74, 6) is 0.194. The molecule has 0 N–H and O–H groups in total. The van der Waals surface area contributed by atoms with Crippen molar-refractivity contribution >= 4 is 5.91 Å². The first-order valence-corrected chi connectivity index (χ1v) is 7.13. The third-order valence-corrected chi connectivity index (χ3v) is 3.81. The Kier molecular flexibility index (Phi) is 5.15. The largest absolute Gasteiger partial charge is 0.380 e. The Bertz CT molecular complexity index is 444. The topological polar surface area (TPSA) is 32.8 Å². The molecule has 1 atom stereocenters. The zero-order valence-electron chi connectivity index (χ0n) is 12.6. The lowest BCUT2D eigenvalue weighted by molar-refractivity contribution is -0.131. The van der Waals surface area contributed by atoms with Gasteiger partial charge in [0, 0.05) is 26.7 Å². The smallest absolute Gasteiger partial charge is 0.236 e.